The van der Waals surface area contributed by atoms with Crippen molar-refractivity contribution in [1.29, 1.82) is 0 Å². The van der Waals surface area contributed by atoms with Crippen molar-refractivity contribution < 1.29 is 4.42 Å². The van der Waals surface area contributed by atoms with Crippen molar-refractivity contribution in [1.82, 2.24) is 0 Å². The van der Waals surface area contributed by atoms with E-state index >= 15 is 0 Å². The predicted molar refractivity (Wildman–Crippen MR) is 300 cm³/mol. The number of furan rings is 1. The zero-order valence-corrected chi connectivity index (χ0v) is 39.4. The van der Waals surface area contributed by atoms with E-state index in [1.165, 1.54) is 96.6 Å². The second-order valence-electron chi connectivity index (χ2n) is 19.5. The van der Waals surface area contributed by atoms with Crippen LogP contribution in [0.5, 0.6) is 0 Å². The molecule has 2 heterocycles. The average Bonchev–Trinajstić information content (AvgIpc) is 4.05. The summed E-state index contributed by atoms with van der Waals surface area (Å²) in [5.74, 6) is 0. The zero-order chi connectivity index (χ0) is 46.2. The van der Waals surface area contributed by atoms with Gasteiger partial charge in [0.2, 0.25) is 0 Å². The number of fused-ring (bicyclic) bond motifs is 16. The maximum Gasteiger partial charge on any atom is 0.143 e. The molecular weight excluding hydrogens is 867 g/mol. The van der Waals surface area contributed by atoms with E-state index in [1.807, 2.05) is 11.3 Å². The maximum absolute atomic E-state index is 7.09. The molecule has 0 aliphatic heterocycles. The normalized spacial score (nSPS) is 13.1. The lowest BCUT2D eigenvalue weighted by Gasteiger charge is -2.28. The van der Waals surface area contributed by atoms with E-state index in [2.05, 4.69) is 243 Å². The SMILES string of the molecule is CC1(C)c2ccccc2-c2ccc(N(c3ccc(-c4cccc5c4sc4ccccc45)cc3)c3ccc4oc5c(-c6ccc7c8ccccc8c8ccccc8c7c6)c6ccccc6cc5c4c3)cc21. The number of rotatable bonds is 5. The number of thiophene rings is 1. The Labute approximate surface area is 408 Å². The monoisotopic (exact) mass is 909 g/mol. The minimum atomic E-state index is -0.148. The number of hydrogen-bond acceptors (Lipinski definition) is 3. The Hall–Kier alpha value is -8.50. The highest BCUT2D eigenvalue weighted by molar-refractivity contribution is 7.26. The molecular formula is C67H43NOS. The van der Waals surface area contributed by atoms with Crippen LogP contribution in [0.4, 0.5) is 17.1 Å². The van der Waals surface area contributed by atoms with Gasteiger partial charge in [-0.05, 0) is 143 Å². The molecule has 2 nitrogen and oxygen atoms in total. The lowest BCUT2D eigenvalue weighted by atomic mass is 9.82. The lowest BCUT2D eigenvalue weighted by molar-refractivity contribution is 0.660. The number of anilines is 3. The average molecular weight is 910 g/mol. The summed E-state index contributed by atoms with van der Waals surface area (Å²) < 4.78 is 9.73. The fourth-order valence-corrected chi connectivity index (χ4v) is 13.3. The van der Waals surface area contributed by atoms with Gasteiger partial charge in [-0.1, -0.05) is 178 Å². The molecule has 15 rings (SSSR count). The molecule has 1 aliphatic rings. The Morgan fingerprint density at radius 3 is 1.76 bits per heavy atom. The number of benzene rings is 12. The smallest absolute Gasteiger partial charge is 0.143 e. The van der Waals surface area contributed by atoms with Gasteiger partial charge in [0.15, 0.2) is 0 Å². The van der Waals surface area contributed by atoms with Crippen molar-refractivity contribution in [3.63, 3.8) is 0 Å². The van der Waals surface area contributed by atoms with E-state index < -0.39 is 0 Å². The van der Waals surface area contributed by atoms with Crippen molar-refractivity contribution in [3.05, 3.63) is 236 Å². The van der Waals surface area contributed by atoms with Crippen LogP contribution >= 0.6 is 11.3 Å². The minimum Gasteiger partial charge on any atom is -0.455 e. The fourth-order valence-electron chi connectivity index (χ4n) is 12.1. The highest BCUT2D eigenvalue weighted by Gasteiger charge is 2.36. The van der Waals surface area contributed by atoms with Gasteiger partial charge in [-0.25, -0.2) is 0 Å². The topological polar surface area (TPSA) is 16.4 Å². The summed E-state index contributed by atoms with van der Waals surface area (Å²) in [6.07, 6.45) is 0. The molecule has 0 radical (unpaired) electrons. The van der Waals surface area contributed by atoms with Gasteiger partial charge in [0.1, 0.15) is 11.2 Å². The van der Waals surface area contributed by atoms with E-state index in [0.717, 1.165) is 50.1 Å². The molecule has 0 saturated carbocycles. The van der Waals surface area contributed by atoms with E-state index in [-0.39, 0.29) is 5.41 Å². The molecule has 0 bridgehead atoms. The Morgan fingerprint density at radius 1 is 0.371 bits per heavy atom. The Kier molecular flexibility index (Phi) is 8.32. The lowest BCUT2D eigenvalue weighted by Crippen LogP contribution is -2.16. The molecule has 0 fully saturated rings. The highest BCUT2D eigenvalue weighted by Crippen LogP contribution is 2.52. The van der Waals surface area contributed by atoms with Crippen LogP contribution in [-0.4, -0.2) is 0 Å². The highest BCUT2D eigenvalue weighted by atomic mass is 32.1. The van der Waals surface area contributed by atoms with Gasteiger partial charge in [0.05, 0.1) is 0 Å². The van der Waals surface area contributed by atoms with Crippen LogP contribution in [0.3, 0.4) is 0 Å². The molecule has 70 heavy (non-hydrogen) atoms. The summed E-state index contributed by atoms with van der Waals surface area (Å²) >= 11 is 1.88. The first kappa shape index (κ1) is 39.5. The molecule has 0 N–H and O–H groups in total. The molecule has 1 aliphatic carbocycles. The van der Waals surface area contributed by atoms with Gasteiger partial charge in [-0.2, -0.15) is 0 Å². The maximum atomic E-state index is 7.09. The van der Waals surface area contributed by atoms with Crippen LogP contribution in [-0.2, 0) is 5.41 Å². The second-order valence-corrected chi connectivity index (χ2v) is 20.6. The molecule has 0 unspecified atom stereocenters. The summed E-state index contributed by atoms with van der Waals surface area (Å²) in [4.78, 5) is 2.43. The third kappa shape index (κ3) is 5.67. The largest absolute Gasteiger partial charge is 0.455 e. The Bertz CT molecular complexity index is 4480. The summed E-state index contributed by atoms with van der Waals surface area (Å²) in [7, 11) is 0. The van der Waals surface area contributed by atoms with Crippen LogP contribution in [0.2, 0.25) is 0 Å². The third-order valence-electron chi connectivity index (χ3n) is 15.4. The molecule has 0 amide bonds. The van der Waals surface area contributed by atoms with Crippen molar-refractivity contribution in [3.8, 4) is 33.4 Å². The Balaban J connectivity index is 0.927. The fraction of sp³-hybridized carbons (Fsp3) is 0.0448. The van der Waals surface area contributed by atoms with Crippen LogP contribution in [0, 0.1) is 0 Å². The van der Waals surface area contributed by atoms with Crippen LogP contribution < -0.4 is 4.90 Å². The number of hydrogen-bond donors (Lipinski definition) is 0. The van der Waals surface area contributed by atoms with E-state index in [9.17, 15) is 0 Å². The molecule has 0 spiro atoms. The molecule has 328 valence electrons. The summed E-state index contributed by atoms with van der Waals surface area (Å²) in [5, 5.41) is 14.8. The molecule has 2 aromatic heterocycles. The molecule has 12 aromatic carbocycles. The van der Waals surface area contributed by atoms with Crippen LogP contribution in [0.1, 0.15) is 25.0 Å². The van der Waals surface area contributed by atoms with Gasteiger partial charge in [0.25, 0.3) is 0 Å². The summed E-state index contributed by atoms with van der Waals surface area (Å²) in [6.45, 7) is 4.72. The van der Waals surface area contributed by atoms with Gasteiger partial charge in [-0.3, -0.25) is 0 Å². The molecule has 0 atom stereocenters. The van der Waals surface area contributed by atoms with Gasteiger partial charge in [0, 0.05) is 59.0 Å². The van der Waals surface area contributed by atoms with Crippen molar-refractivity contribution in [2.45, 2.75) is 19.3 Å². The van der Waals surface area contributed by atoms with Gasteiger partial charge < -0.3 is 9.32 Å². The van der Waals surface area contributed by atoms with Crippen LogP contribution in [0.25, 0.3) is 119 Å². The second kappa shape index (κ2) is 14.8. The minimum absolute atomic E-state index is 0.148. The first-order valence-electron chi connectivity index (χ1n) is 24.2. The van der Waals surface area contributed by atoms with Gasteiger partial charge in [-0.15, -0.1) is 11.3 Å². The third-order valence-corrected chi connectivity index (χ3v) is 16.6. The summed E-state index contributed by atoms with van der Waals surface area (Å²) in [6, 6.07) is 83.1. The molecule has 3 heteroatoms. The standard InChI is InChI=1S/C67H43NOS/c1-67(2)60-24-11-9-20-53(60)54-34-31-45(39-61(54)67)68(43-29-26-40(27-30-43)47-22-13-23-56-55-21-10-12-25-63(55)70-66(47)56)44-32-35-62-58(38-44)59-36-41-14-3-4-15-46(41)64(65(59)69-62)42-28-33-52-50-18-6-5-16-48(50)49-17-7-8-19-51(49)57(52)37-42/h3-39H,1-2H3. The predicted octanol–water partition coefficient (Wildman–Crippen LogP) is 19.7. The van der Waals surface area contributed by atoms with Crippen molar-refractivity contribution >= 4 is 114 Å². The zero-order valence-electron chi connectivity index (χ0n) is 38.6. The number of nitrogens with zero attached hydrogens (tertiary/aromatic N) is 1. The first-order valence-corrected chi connectivity index (χ1v) is 25.0. The van der Waals surface area contributed by atoms with Crippen molar-refractivity contribution in [2.75, 3.05) is 4.90 Å². The molecule has 0 saturated heterocycles. The quantitative estimate of drug-likeness (QED) is 0.160. The van der Waals surface area contributed by atoms with Crippen LogP contribution in [0.15, 0.2) is 229 Å². The molecule has 14 aromatic rings. The first-order chi connectivity index (χ1) is 34.5. The Morgan fingerprint density at radius 2 is 0.957 bits per heavy atom. The van der Waals surface area contributed by atoms with Crippen molar-refractivity contribution in [2.24, 2.45) is 0 Å². The van der Waals surface area contributed by atoms with E-state index in [4.69, 9.17) is 4.42 Å². The van der Waals surface area contributed by atoms with Gasteiger partial charge >= 0.3 is 0 Å². The van der Waals surface area contributed by atoms with E-state index in [0.29, 0.717) is 0 Å². The van der Waals surface area contributed by atoms with E-state index in [1.54, 1.807) is 0 Å². The summed E-state index contributed by atoms with van der Waals surface area (Å²) in [5.41, 5.74) is 15.0.